The van der Waals surface area contributed by atoms with Crippen LogP contribution < -0.4 is 10.7 Å². The second-order valence-electron chi connectivity index (χ2n) is 6.33. The first-order valence-corrected chi connectivity index (χ1v) is 8.15. The fourth-order valence-corrected chi connectivity index (χ4v) is 3.04. The van der Waals surface area contributed by atoms with Crippen molar-refractivity contribution in [3.05, 3.63) is 70.5 Å². The summed E-state index contributed by atoms with van der Waals surface area (Å²) in [6, 6.07) is 11.3. The number of benzene rings is 1. The van der Waals surface area contributed by atoms with E-state index in [4.69, 9.17) is 8.83 Å². The van der Waals surface area contributed by atoms with Crippen LogP contribution >= 0.6 is 0 Å². The third-order valence-corrected chi connectivity index (χ3v) is 4.58. The molecule has 128 valence electrons. The van der Waals surface area contributed by atoms with Crippen molar-refractivity contribution in [2.24, 2.45) is 5.92 Å². The van der Waals surface area contributed by atoms with E-state index in [0.717, 1.165) is 12.8 Å². The number of furan rings is 1. The molecule has 0 unspecified atom stereocenters. The molecular weight excluding hydrogens is 322 g/mol. The van der Waals surface area contributed by atoms with Crippen LogP contribution in [-0.4, -0.2) is 17.6 Å². The molecule has 3 aromatic rings. The zero-order valence-corrected chi connectivity index (χ0v) is 13.4. The number of carbonyl (C=O) groups excluding carboxylic acids is 1. The normalized spacial score (nSPS) is 16.5. The van der Waals surface area contributed by atoms with Gasteiger partial charge in [-0.3, -0.25) is 9.59 Å². The molecule has 6 heteroatoms. The van der Waals surface area contributed by atoms with Crippen LogP contribution in [-0.2, 0) is 5.60 Å². The van der Waals surface area contributed by atoms with Gasteiger partial charge in [-0.05, 0) is 43.0 Å². The number of para-hydroxylation sites is 1. The molecule has 1 aromatic carbocycles. The van der Waals surface area contributed by atoms with Gasteiger partial charge < -0.3 is 19.3 Å². The molecule has 0 aliphatic heterocycles. The number of hydrogen-bond donors (Lipinski definition) is 2. The predicted molar refractivity (Wildman–Crippen MR) is 90.1 cm³/mol. The lowest BCUT2D eigenvalue weighted by atomic mass is 9.94. The summed E-state index contributed by atoms with van der Waals surface area (Å²) in [5, 5.41) is 14.0. The van der Waals surface area contributed by atoms with E-state index in [2.05, 4.69) is 5.32 Å². The number of rotatable bonds is 5. The number of carbonyl (C=O) groups is 1. The number of fused-ring (bicyclic) bond motifs is 1. The lowest BCUT2D eigenvalue weighted by Gasteiger charge is -2.26. The Morgan fingerprint density at radius 1 is 1.24 bits per heavy atom. The van der Waals surface area contributed by atoms with E-state index in [1.54, 1.807) is 36.4 Å². The second-order valence-corrected chi connectivity index (χ2v) is 6.33. The standard InChI is InChI=1S/C19H17NO5/c21-14-10-16(25-15-5-2-1-4-13(14)15)18(22)20-11-19(23,12-7-8-12)17-6-3-9-24-17/h1-6,9-10,12,23H,7-8,11H2,(H,20,22)/t19-/m1/s1. The van der Waals surface area contributed by atoms with E-state index < -0.39 is 11.5 Å². The Balaban J connectivity index is 1.57. The molecule has 0 spiro atoms. The van der Waals surface area contributed by atoms with E-state index in [0.29, 0.717) is 16.7 Å². The van der Waals surface area contributed by atoms with Crippen LogP contribution in [0.4, 0.5) is 0 Å². The lowest BCUT2D eigenvalue weighted by Crippen LogP contribution is -2.42. The molecule has 1 aliphatic rings. The van der Waals surface area contributed by atoms with Gasteiger partial charge in [0.05, 0.1) is 18.2 Å². The fraction of sp³-hybridized carbons (Fsp3) is 0.263. The Labute approximate surface area is 143 Å². The number of amides is 1. The molecular formula is C19H17NO5. The zero-order chi connectivity index (χ0) is 17.4. The summed E-state index contributed by atoms with van der Waals surface area (Å²) >= 11 is 0. The van der Waals surface area contributed by atoms with Crippen LogP contribution in [0.25, 0.3) is 11.0 Å². The van der Waals surface area contributed by atoms with E-state index in [1.165, 1.54) is 12.3 Å². The fourth-order valence-electron chi connectivity index (χ4n) is 3.04. The first-order valence-electron chi connectivity index (χ1n) is 8.15. The van der Waals surface area contributed by atoms with Gasteiger partial charge in [-0.15, -0.1) is 0 Å². The lowest BCUT2D eigenvalue weighted by molar-refractivity contribution is -0.00631. The van der Waals surface area contributed by atoms with Crippen LogP contribution in [0, 0.1) is 5.92 Å². The second kappa shape index (κ2) is 5.89. The SMILES string of the molecule is O=C(NC[C@](O)(c1ccco1)C1CC1)c1cc(=O)c2ccccc2o1. The maximum absolute atomic E-state index is 12.4. The van der Waals surface area contributed by atoms with Crippen LogP contribution in [0.15, 0.2) is 62.4 Å². The number of aliphatic hydroxyl groups is 1. The Morgan fingerprint density at radius 2 is 2.04 bits per heavy atom. The molecule has 2 heterocycles. The molecule has 1 atom stereocenters. The zero-order valence-electron chi connectivity index (χ0n) is 13.4. The first kappa shape index (κ1) is 15.7. The third kappa shape index (κ3) is 2.85. The highest BCUT2D eigenvalue weighted by atomic mass is 16.4. The molecule has 6 nitrogen and oxygen atoms in total. The van der Waals surface area contributed by atoms with E-state index in [1.807, 2.05) is 0 Å². The molecule has 4 rings (SSSR count). The maximum atomic E-state index is 12.4. The minimum absolute atomic E-state index is 0.0133. The molecule has 2 aromatic heterocycles. The summed E-state index contributed by atoms with van der Waals surface area (Å²) in [6.07, 6.45) is 3.24. The molecule has 1 saturated carbocycles. The minimum Gasteiger partial charge on any atom is -0.466 e. The largest absolute Gasteiger partial charge is 0.466 e. The molecule has 25 heavy (non-hydrogen) atoms. The predicted octanol–water partition coefficient (Wildman–Crippen LogP) is 2.41. The maximum Gasteiger partial charge on any atom is 0.287 e. The molecule has 0 saturated heterocycles. The Hall–Kier alpha value is -2.86. The quantitative estimate of drug-likeness (QED) is 0.745. The molecule has 0 radical (unpaired) electrons. The number of hydrogen-bond acceptors (Lipinski definition) is 5. The topological polar surface area (TPSA) is 92.7 Å². The van der Waals surface area contributed by atoms with Crippen molar-refractivity contribution in [1.82, 2.24) is 5.32 Å². The van der Waals surface area contributed by atoms with Gasteiger partial charge in [-0.25, -0.2) is 0 Å². The molecule has 1 amide bonds. The van der Waals surface area contributed by atoms with Crippen LogP contribution in [0.1, 0.15) is 29.2 Å². The van der Waals surface area contributed by atoms with Gasteiger partial charge in [0.15, 0.2) is 11.2 Å². The van der Waals surface area contributed by atoms with E-state index in [-0.39, 0.29) is 23.7 Å². The highest BCUT2D eigenvalue weighted by Crippen LogP contribution is 2.45. The van der Waals surface area contributed by atoms with Gasteiger partial charge >= 0.3 is 0 Å². The molecule has 1 aliphatic carbocycles. The van der Waals surface area contributed by atoms with Gasteiger partial charge in [0, 0.05) is 6.07 Å². The summed E-state index contributed by atoms with van der Waals surface area (Å²) in [5.74, 6) is -0.160. The van der Waals surface area contributed by atoms with Crippen molar-refractivity contribution in [3.63, 3.8) is 0 Å². The van der Waals surface area contributed by atoms with Crippen molar-refractivity contribution >= 4 is 16.9 Å². The summed E-state index contributed by atoms with van der Waals surface area (Å²) in [5.41, 5.74) is -1.19. The van der Waals surface area contributed by atoms with E-state index >= 15 is 0 Å². The Morgan fingerprint density at radius 3 is 2.76 bits per heavy atom. The Kier molecular flexibility index (Phi) is 3.69. The van der Waals surface area contributed by atoms with Crippen LogP contribution in [0.2, 0.25) is 0 Å². The molecule has 1 fully saturated rings. The highest BCUT2D eigenvalue weighted by Gasteiger charge is 2.47. The summed E-state index contributed by atoms with van der Waals surface area (Å²) in [4.78, 5) is 24.5. The minimum atomic E-state index is -1.25. The summed E-state index contributed by atoms with van der Waals surface area (Å²) < 4.78 is 10.9. The van der Waals surface area contributed by atoms with Crippen molar-refractivity contribution in [3.8, 4) is 0 Å². The summed E-state index contributed by atoms with van der Waals surface area (Å²) in [7, 11) is 0. The first-order chi connectivity index (χ1) is 12.1. The molecule has 2 N–H and O–H groups in total. The smallest absolute Gasteiger partial charge is 0.287 e. The monoisotopic (exact) mass is 339 g/mol. The number of nitrogens with one attached hydrogen (secondary N) is 1. The molecule has 0 bridgehead atoms. The van der Waals surface area contributed by atoms with Gasteiger partial charge in [-0.2, -0.15) is 0 Å². The van der Waals surface area contributed by atoms with Crippen molar-refractivity contribution in [1.29, 1.82) is 0 Å². The average Bonchev–Trinajstić information content (AvgIpc) is 3.34. The van der Waals surface area contributed by atoms with Gasteiger partial charge in [-0.1, -0.05) is 12.1 Å². The average molecular weight is 339 g/mol. The van der Waals surface area contributed by atoms with Crippen LogP contribution in [0.5, 0.6) is 0 Å². The van der Waals surface area contributed by atoms with Crippen molar-refractivity contribution < 1.29 is 18.7 Å². The Bertz CT molecular complexity index is 971. The highest BCUT2D eigenvalue weighted by molar-refractivity contribution is 5.93. The van der Waals surface area contributed by atoms with Crippen LogP contribution in [0.3, 0.4) is 0 Å². The third-order valence-electron chi connectivity index (χ3n) is 4.58. The van der Waals surface area contributed by atoms with Gasteiger partial charge in [0.1, 0.15) is 16.9 Å². The van der Waals surface area contributed by atoms with Gasteiger partial charge in [0.2, 0.25) is 0 Å². The van der Waals surface area contributed by atoms with Gasteiger partial charge in [0.25, 0.3) is 5.91 Å². The van der Waals surface area contributed by atoms with Crippen molar-refractivity contribution in [2.45, 2.75) is 18.4 Å². The van der Waals surface area contributed by atoms with E-state index in [9.17, 15) is 14.7 Å². The summed E-state index contributed by atoms with van der Waals surface area (Å²) in [6.45, 7) is -0.0133. The van der Waals surface area contributed by atoms with Crippen molar-refractivity contribution in [2.75, 3.05) is 6.54 Å².